The summed E-state index contributed by atoms with van der Waals surface area (Å²) in [5.74, 6) is -1.86. The fraction of sp³-hybridized carbons (Fsp3) is 0.727. The molecule has 18 heavy (non-hydrogen) atoms. The van der Waals surface area contributed by atoms with Crippen molar-refractivity contribution in [1.29, 1.82) is 0 Å². The monoisotopic (exact) mass is 257 g/mol. The fourth-order valence-corrected chi connectivity index (χ4v) is 2.12. The van der Waals surface area contributed by atoms with Crippen LogP contribution in [-0.2, 0) is 14.4 Å². The van der Waals surface area contributed by atoms with Gasteiger partial charge in [0.25, 0.3) is 0 Å². The first-order valence-electron chi connectivity index (χ1n) is 5.87. The van der Waals surface area contributed by atoms with E-state index < -0.39 is 23.5 Å². The van der Waals surface area contributed by atoms with Gasteiger partial charge in [-0.15, -0.1) is 0 Å². The molecule has 1 heterocycles. The largest absolute Gasteiger partial charge is 0.480 e. The molecule has 0 saturated carbocycles. The highest BCUT2D eigenvalue weighted by molar-refractivity contribution is 5.94. The Kier molecular flexibility index (Phi) is 4.28. The van der Waals surface area contributed by atoms with Gasteiger partial charge in [-0.2, -0.15) is 0 Å². The van der Waals surface area contributed by atoms with Gasteiger partial charge in [-0.1, -0.05) is 0 Å². The van der Waals surface area contributed by atoms with E-state index in [4.69, 9.17) is 10.8 Å². The maximum atomic E-state index is 12.1. The van der Waals surface area contributed by atoms with Crippen LogP contribution in [0.3, 0.4) is 0 Å². The van der Waals surface area contributed by atoms with Crippen LogP contribution in [0.5, 0.6) is 0 Å². The first kappa shape index (κ1) is 14.4. The Bertz CT molecular complexity index is 371. The van der Waals surface area contributed by atoms with Crippen molar-refractivity contribution in [3.63, 3.8) is 0 Å². The Morgan fingerprint density at radius 2 is 2.11 bits per heavy atom. The Balaban J connectivity index is 2.81. The van der Waals surface area contributed by atoms with E-state index >= 15 is 0 Å². The number of carbonyl (C=O) groups is 3. The summed E-state index contributed by atoms with van der Waals surface area (Å²) >= 11 is 0. The van der Waals surface area contributed by atoms with E-state index in [2.05, 4.69) is 5.32 Å². The zero-order valence-corrected chi connectivity index (χ0v) is 10.6. The summed E-state index contributed by atoms with van der Waals surface area (Å²) in [5.41, 5.74) is 4.31. The standard InChI is InChI=1S/C11H19N3O4/c1-7(9(16)17)13-10(18)11(2)4-3-5-14(11)8(15)6-12/h7H,3-6,12H2,1-2H3,(H,13,18)(H,16,17)/t7-,11-/m0/s1. The minimum atomic E-state index is -1.11. The summed E-state index contributed by atoms with van der Waals surface area (Å²) in [4.78, 5) is 35.9. The molecule has 1 fully saturated rings. The molecular formula is C11H19N3O4. The van der Waals surface area contributed by atoms with Gasteiger partial charge in [0.1, 0.15) is 11.6 Å². The second-order valence-electron chi connectivity index (χ2n) is 4.66. The van der Waals surface area contributed by atoms with E-state index in [-0.39, 0.29) is 12.5 Å². The summed E-state index contributed by atoms with van der Waals surface area (Å²) in [5, 5.41) is 11.2. The molecule has 2 amide bonds. The zero-order chi connectivity index (χ0) is 13.9. The lowest BCUT2D eigenvalue weighted by molar-refractivity contribution is -0.146. The van der Waals surface area contributed by atoms with E-state index in [1.54, 1.807) is 6.92 Å². The minimum absolute atomic E-state index is 0.155. The van der Waals surface area contributed by atoms with E-state index in [1.165, 1.54) is 11.8 Å². The molecule has 102 valence electrons. The number of carboxylic acids is 1. The van der Waals surface area contributed by atoms with Gasteiger partial charge in [-0.25, -0.2) is 0 Å². The van der Waals surface area contributed by atoms with Crippen LogP contribution in [0.25, 0.3) is 0 Å². The fourth-order valence-electron chi connectivity index (χ4n) is 2.12. The maximum absolute atomic E-state index is 12.1. The number of likely N-dealkylation sites (tertiary alicyclic amines) is 1. The molecule has 1 rings (SSSR count). The maximum Gasteiger partial charge on any atom is 0.325 e. The second-order valence-corrected chi connectivity index (χ2v) is 4.66. The molecule has 0 aromatic heterocycles. The van der Waals surface area contributed by atoms with Crippen molar-refractivity contribution < 1.29 is 19.5 Å². The number of carbonyl (C=O) groups excluding carboxylic acids is 2. The normalized spacial score (nSPS) is 24.7. The highest BCUT2D eigenvalue weighted by Gasteiger charge is 2.45. The highest BCUT2D eigenvalue weighted by atomic mass is 16.4. The van der Waals surface area contributed by atoms with E-state index in [9.17, 15) is 14.4 Å². The van der Waals surface area contributed by atoms with Crippen LogP contribution in [-0.4, -0.2) is 52.5 Å². The van der Waals surface area contributed by atoms with Crippen LogP contribution in [0.15, 0.2) is 0 Å². The Morgan fingerprint density at radius 3 is 2.61 bits per heavy atom. The molecule has 7 heteroatoms. The van der Waals surface area contributed by atoms with Crippen molar-refractivity contribution >= 4 is 17.8 Å². The average molecular weight is 257 g/mol. The number of nitrogens with two attached hydrogens (primary N) is 1. The van der Waals surface area contributed by atoms with Gasteiger partial charge in [-0.05, 0) is 26.7 Å². The number of hydrogen-bond acceptors (Lipinski definition) is 4. The van der Waals surface area contributed by atoms with Crippen molar-refractivity contribution in [2.75, 3.05) is 13.1 Å². The molecule has 2 atom stereocenters. The molecule has 0 aromatic rings. The van der Waals surface area contributed by atoms with Gasteiger partial charge in [0.2, 0.25) is 11.8 Å². The van der Waals surface area contributed by atoms with Crippen molar-refractivity contribution in [3.8, 4) is 0 Å². The van der Waals surface area contributed by atoms with E-state index in [0.29, 0.717) is 19.4 Å². The molecule has 0 spiro atoms. The van der Waals surface area contributed by atoms with Crippen LogP contribution >= 0.6 is 0 Å². The Hall–Kier alpha value is -1.63. The van der Waals surface area contributed by atoms with Crippen LogP contribution in [0.4, 0.5) is 0 Å². The number of amides is 2. The first-order valence-corrected chi connectivity index (χ1v) is 5.87. The quantitative estimate of drug-likeness (QED) is 0.592. The SMILES string of the molecule is C[C@H](NC(=O)[C@]1(C)CCCN1C(=O)CN)C(=O)O. The van der Waals surface area contributed by atoms with E-state index in [0.717, 1.165) is 0 Å². The van der Waals surface area contributed by atoms with Crippen LogP contribution in [0.1, 0.15) is 26.7 Å². The van der Waals surface area contributed by atoms with Gasteiger partial charge >= 0.3 is 5.97 Å². The van der Waals surface area contributed by atoms with Gasteiger partial charge in [0.05, 0.1) is 6.54 Å². The molecular weight excluding hydrogens is 238 g/mol. The molecule has 1 aliphatic heterocycles. The van der Waals surface area contributed by atoms with Crippen molar-refractivity contribution in [2.45, 2.75) is 38.3 Å². The van der Waals surface area contributed by atoms with Gasteiger partial charge in [-0.3, -0.25) is 14.4 Å². The zero-order valence-electron chi connectivity index (χ0n) is 10.6. The Morgan fingerprint density at radius 1 is 1.50 bits per heavy atom. The first-order chi connectivity index (χ1) is 8.32. The highest BCUT2D eigenvalue weighted by Crippen LogP contribution is 2.29. The molecule has 0 aliphatic carbocycles. The van der Waals surface area contributed by atoms with Crippen molar-refractivity contribution in [2.24, 2.45) is 5.73 Å². The third kappa shape index (κ3) is 2.61. The molecule has 4 N–H and O–H groups in total. The topological polar surface area (TPSA) is 113 Å². The molecule has 0 unspecified atom stereocenters. The number of nitrogens with zero attached hydrogens (tertiary/aromatic N) is 1. The van der Waals surface area contributed by atoms with Gasteiger partial charge in [0.15, 0.2) is 0 Å². The number of hydrogen-bond donors (Lipinski definition) is 3. The lowest BCUT2D eigenvalue weighted by Crippen LogP contribution is -2.58. The van der Waals surface area contributed by atoms with Crippen LogP contribution < -0.4 is 11.1 Å². The van der Waals surface area contributed by atoms with Crippen molar-refractivity contribution in [3.05, 3.63) is 0 Å². The second kappa shape index (κ2) is 5.34. The lowest BCUT2D eigenvalue weighted by Gasteiger charge is -2.34. The smallest absolute Gasteiger partial charge is 0.325 e. The Labute approximate surface area is 105 Å². The molecule has 0 radical (unpaired) electrons. The predicted octanol–water partition coefficient (Wildman–Crippen LogP) is -1.08. The number of rotatable bonds is 4. The average Bonchev–Trinajstić information content (AvgIpc) is 2.71. The summed E-state index contributed by atoms with van der Waals surface area (Å²) in [6, 6.07) is -0.982. The molecule has 7 nitrogen and oxygen atoms in total. The minimum Gasteiger partial charge on any atom is -0.480 e. The lowest BCUT2D eigenvalue weighted by atomic mass is 9.97. The van der Waals surface area contributed by atoms with Crippen molar-refractivity contribution in [1.82, 2.24) is 10.2 Å². The molecule has 1 aliphatic rings. The predicted molar refractivity (Wildman–Crippen MR) is 63.6 cm³/mol. The summed E-state index contributed by atoms with van der Waals surface area (Å²) in [6.45, 7) is 3.34. The van der Waals surface area contributed by atoms with Crippen LogP contribution in [0.2, 0.25) is 0 Å². The van der Waals surface area contributed by atoms with Gasteiger partial charge < -0.3 is 21.1 Å². The number of carboxylic acid groups (broad SMARTS) is 1. The molecule has 1 saturated heterocycles. The number of aliphatic carboxylic acids is 1. The molecule has 0 aromatic carbocycles. The van der Waals surface area contributed by atoms with Crippen LogP contribution in [0, 0.1) is 0 Å². The number of nitrogens with one attached hydrogen (secondary N) is 1. The summed E-state index contributed by atoms with van der Waals surface area (Å²) in [6.07, 6.45) is 1.22. The summed E-state index contributed by atoms with van der Waals surface area (Å²) in [7, 11) is 0. The van der Waals surface area contributed by atoms with Gasteiger partial charge in [0, 0.05) is 6.54 Å². The third-order valence-corrected chi connectivity index (χ3v) is 3.32. The third-order valence-electron chi connectivity index (χ3n) is 3.32. The van der Waals surface area contributed by atoms with E-state index in [1.807, 2.05) is 0 Å². The summed E-state index contributed by atoms with van der Waals surface area (Å²) < 4.78 is 0. The molecule has 0 bridgehead atoms.